The number of halogens is 3. The number of rotatable bonds is 11. The predicted molar refractivity (Wildman–Crippen MR) is 112 cm³/mol. The van der Waals surface area contributed by atoms with Crippen LogP contribution in [0.2, 0.25) is 0 Å². The molecule has 0 saturated heterocycles. The summed E-state index contributed by atoms with van der Waals surface area (Å²) in [6.07, 6.45) is -0.567. The number of aromatic nitrogens is 1. The number of nitrogens with one attached hydrogen (secondary N) is 3. The number of anilines is 1. The monoisotopic (exact) mass is 423 g/mol. The summed E-state index contributed by atoms with van der Waals surface area (Å²) >= 11 is 0. The van der Waals surface area contributed by atoms with E-state index in [1.807, 2.05) is 30.3 Å². The van der Waals surface area contributed by atoms with Crippen molar-refractivity contribution in [3.63, 3.8) is 0 Å². The highest BCUT2D eigenvalue weighted by Crippen LogP contribution is 2.15. The van der Waals surface area contributed by atoms with Gasteiger partial charge in [0.2, 0.25) is 0 Å². The van der Waals surface area contributed by atoms with E-state index in [0.717, 1.165) is 37.3 Å². The summed E-state index contributed by atoms with van der Waals surface area (Å²) in [6.45, 7) is 0.899. The van der Waals surface area contributed by atoms with Gasteiger partial charge in [0.15, 0.2) is 5.96 Å². The normalized spacial score (nSPS) is 11.9. The minimum Gasteiger partial charge on any atom is -0.370 e. The van der Waals surface area contributed by atoms with Gasteiger partial charge in [-0.3, -0.25) is 4.99 Å². The lowest BCUT2D eigenvalue weighted by Crippen LogP contribution is -2.37. The van der Waals surface area contributed by atoms with Gasteiger partial charge in [-0.25, -0.2) is 4.98 Å². The summed E-state index contributed by atoms with van der Waals surface area (Å²) in [6, 6.07) is 13.0. The van der Waals surface area contributed by atoms with E-state index in [-0.39, 0.29) is 6.61 Å². The van der Waals surface area contributed by atoms with E-state index in [9.17, 15) is 13.2 Å². The number of nitrogens with zero attached hydrogens (tertiary/aromatic N) is 2. The molecule has 0 spiro atoms. The molecule has 0 saturated carbocycles. The van der Waals surface area contributed by atoms with Gasteiger partial charge in [-0.15, -0.1) is 0 Å². The van der Waals surface area contributed by atoms with Gasteiger partial charge in [-0.2, -0.15) is 13.2 Å². The number of alkyl halides is 3. The standard InChI is InChI=1S/C21H28F3N5O/c1-25-20(28-13-5-4-12-27-19-6-2-3-11-26-19)29-14-17-7-9-18(10-8-17)15-30-16-21(22,23)24/h2-3,6-11H,4-5,12-16H2,1H3,(H,26,27)(H2,25,28,29). The van der Waals surface area contributed by atoms with Crippen LogP contribution in [0.5, 0.6) is 0 Å². The second-order valence-electron chi connectivity index (χ2n) is 6.63. The summed E-state index contributed by atoms with van der Waals surface area (Å²) in [5.74, 6) is 1.58. The van der Waals surface area contributed by atoms with Crippen molar-refractivity contribution in [1.29, 1.82) is 0 Å². The Morgan fingerprint density at radius 1 is 1.00 bits per heavy atom. The number of aliphatic imine (C=N–C) groups is 1. The molecule has 164 valence electrons. The first-order valence-electron chi connectivity index (χ1n) is 9.78. The highest BCUT2D eigenvalue weighted by atomic mass is 19.4. The molecule has 1 aromatic carbocycles. The van der Waals surface area contributed by atoms with E-state index in [4.69, 9.17) is 0 Å². The lowest BCUT2D eigenvalue weighted by atomic mass is 10.1. The Kier molecular flexibility index (Phi) is 9.93. The molecule has 0 fully saturated rings. The first-order valence-corrected chi connectivity index (χ1v) is 9.78. The average molecular weight is 423 g/mol. The molecule has 3 N–H and O–H groups in total. The Hall–Kier alpha value is -2.81. The Morgan fingerprint density at radius 2 is 1.73 bits per heavy atom. The highest BCUT2D eigenvalue weighted by Gasteiger charge is 2.27. The van der Waals surface area contributed by atoms with Gasteiger partial charge < -0.3 is 20.7 Å². The smallest absolute Gasteiger partial charge is 0.370 e. The highest BCUT2D eigenvalue weighted by molar-refractivity contribution is 5.79. The fourth-order valence-corrected chi connectivity index (χ4v) is 2.58. The van der Waals surface area contributed by atoms with Crippen molar-refractivity contribution < 1.29 is 17.9 Å². The van der Waals surface area contributed by atoms with Crippen molar-refractivity contribution >= 4 is 11.8 Å². The molecule has 0 aliphatic heterocycles. The molecule has 0 aliphatic carbocycles. The molecule has 0 radical (unpaired) electrons. The van der Waals surface area contributed by atoms with Crippen LogP contribution < -0.4 is 16.0 Å². The molecular weight excluding hydrogens is 395 g/mol. The molecule has 0 atom stereocenters. The molecule has 9 heteroatoms. The molecule has 1 heterocycles. The number of hydrogen-bond donors (Lipinski definition) is 3. The van der Waals surface area contributed by atoms with Crippen molar-refractivity contribution in [3.05, 3.63) is 59.8 Å². The maximum Gasteiger partial charge on any atom is 0.411 e. The molecule has 0 amide bonds. The number of ether oxygens (including phenoxy) is 1. The minimum absolute atomic E-state index is 0.0639. The van der Waals surface area contributed by atoms with Gasteiger partial charge in [0.05, 0.1) is 6.61 Å². The van der Waals surface area contributed by atoms with Crippen LogP contribution in [-0.2, 0) is 17.9 Å². The minimum atomic E-state index is -4.30. The van der Waals surface area contributed by atoms with Gasteiger partial charge in [0.1, 0.15) is 12.4 Å². The van der Waals surface area contributed by atoms with Gasteiger partial charge >= 0.3 is 6.18 Å². The number of unbranched alkanes of at least 4 members (excludes halogenated alkanes) is 1. The van der Waals surface area contributed by atoms with Crippen LogP contribution in [0.25, 0.3) is 0 Å². The van der Waals surface area contributed by atoms with Crippen molar-refractivity contribution in [2.75, 3.05) is 32.1 Å². The van der Waals surface area contributed by atoms with Crippen LogP contribution in [0.4, 0.5) is 19.0 Å². The molecule has 0 unspecified atom stereocenters. The van der Waals surface area contributed by atoms with E-state index in [1.54, 1.807) is 25.4 Å². The van der Waals surface area contributed by atoms with Crippen molar-refractivity contribution in [3.8, 4) is 0 Å². The van der Waals surface area contributed by atoms with Crippen LogP contribution in [0, 0.1) is 0 Å². The molecule has 0 aliphatic rings. The maximum atomic E-state index is 12.1. The summed E-state index contributed by atoms with van der Waals surface area (Å²) in [5.41, 5.74) is 1.70. The zero-order chi connectivity index (χ0) is 21.7. The van der Waals surface area contributed by atoms with Crippen LogP contribution in [0.15, 0.2) is 53.7 Å². The third-order valence-corrected chi connectivity index (χ3v) is 4.11. The molecule has 2 rings (SSSR count). The SMILES string of the molecule is CN=C(NCCCCNc1ccccn1)NCc1ccc(COCC(F)(F)F)cc1. The number of pyridine rings is 1. The Balaban J connectivity index is 1.59. The van der Waals surface area contributed by atoms with E-state index < -0.39 is 12.8 Å². The van der Waals surface area contributed by atoms with E-state index in [1.165, 1.54) is 0 Å². The topological polar surface area (TPSA) is 70.6 Å². The Morgan fingerprint density at radius 3 is 2.40 bits per heavy atom. The van der Waals surface area contributed by atoms with E-state index in [2.05, 4.69) is 30.7 Å². The number of benzene rings is 1. The summed E-state index contributed by atoms with van der Waals surface area (Å²) in [5, 5.41) is 9.75. The molecule has 6 nitrogen and oxygen atoms in total. The molecule has 1 aromatic heterocycles. The Bertz CT molecular complexity index is 751. The maximum absolute atomic E-state index is 12.1. The number of guanidine groups is 1. The van der Waals surface area contributed by atoms with Crippen molar-refractivity contribution in [2.24, 2.45) is 4.99 Å². The first-order chi connectivity index (χ1) is 14.5. The average Bonchev–Trinajstić information content (AvgIpc) is 2.73. The predicted octanol–water partition coefficient (Wildman–Crippen LogP) is 3.72. The quantitative estimate of drug-likeness (QED) is 0.292. The van der Waals surface area contributed by atoms with Gasteiger partial charge in [0.25, 0.3) is 0 Å². The summed E-state index contributed by atoms with van der Waals surface area (Å²) in [7, 11) is 1.71. The zero-order valence-electron chi connectivity index (χ0n) is 17.0. The third kappa shape index (κ3) is 10.1. The molecule has 30 heavy (non-hydrogen) atoms. The fourth-order valence-electron chi connectivity index (χ4n) is 2.58. The fraction of sp³-hybridized carbons (Fsp3) is 0.429. The van der Waals surface area contributed by atoms with Crippen LogP contribution in [0.1, 0.15) is 24.0 Å². The van der Waals surface area contributed by atoms with Crippen molar-refractivity contribution in [1.82, 2.24) is 15.6 Å². The molecule has 2 aromatic rings. The second kappa shape index (κ2) is 12.7. The lowest BCUT2D eigenvalue weighted by Gasteiger charge is -2.12. The van der Waals surface area contributed by atoms with E-state index in [0.29, 0.717) is 18.1 Å². The Labute approximate surface area is 175 Å². The largest absolute Gasteiger partial charge is 0.411 e. The van der Waals surface area contributed by atoms with Crippen LogP contribution in [-0.4, -0.2) is 43.9 Å². The van der Waals surface area contributed by atoms with Crippen molar-refractivity contribution in [2.45, 2.75) is 32.2 Å². The third-order valence-electron chi connectivity index (χ3n) is 4.11. The summed E-state index contributed by atoms with van der Waals surface area (Å²) in [4.78, 5) is 8.40. The van der Waals surface area contributed by atoms with Gasteiger partial charge in [0, 0.05) is 32.9 Å². The zero-order valence-corrected chi connectivity index (χ0v) is 17.0. The van der Waals surface area contributed by atoms with Crippen LogP contribution in [0.3, 0.4) is 0 Å². The molecule has 0 bridgehead atoms. The molecular formula is C21H28F3N5O. The van der Waals surface area contributed by atoms with Gasteiger partial charge in [-0.1, -0.05) is 30.3 Å². The first kappa shape index (κ1) is 23.5. The second-order valence-corrected chi connectivity index (χ2v) is 6.63. The van der Waals surface area contributed by atoms with Crippen LogP contribution >= 0.6 is 0 Å². The van der Waals surface area contributed by atoms with Gasteiger partial charge in [-0.05, 0) is 36.1 Å². The lowest BCUT2D eigenvalue weighted by molar-refractivity contribution is -0.176. The summed E-state index contributed by atoms with van der Waals surface area (Å²) < 4.78 is 40.9. The number of hydrogen-bond acceptors (Lipinski definition) is 4. The van der Waals surface area contributed by atoms with E-state index >= 15 is 0 Å².